The van der Waals surface area contributed by atoms with Crippen LogP contribution in [0.15, 0.2) is 24.3 Å². The summed E-state index contributed by atoms with van der Waals surface area (Å²) in [5, 5.41) is 3.27. The van der Waals surface area contributed by atoms with Crippen LogP contribution < -0.4 is 10.1 Å². The van der Waals surface area contributed by atoms with Gasteiger partial charge in [0.05, 0.1) is 7.11 Å². The zero-order chi connectivity index (χ0) is 16.9. The van der Waals surface area contributed by atoms with Crippen LogP contribution in [0.25, 0.3) is 0 Å². The van der Waals surface area contributed by atoms with E-state index in [9.17, 15) is 4.79 Å². The Kier molecular flexibility index (Phi) is 5.77. The molecule has 2 aliphatic rings. The summed E-state index contributed by atoms with van der Waals surface area (Å²) in [6.45, 7) is 3.49. The Bertz CT molecular complexity index is 546. The highest BCUT2D eigenvalue weighted by Crippen LogP contribution is 2.34. The lowest BCUT2D eigenvalue weighted by atomic mass is 9.81. The number of fused-ring (bicyclic) bond motifs is 2. The Balaban J connectivity index is 1.61. The van der Waals surface area contributed by atoms with Crippen molar-refractivity contribution in [3.63, 3.8) is 0 Å². The van der Waals surface area contributed by atoms with Crippen molar-refractivity contribution in [1.29, 1.82) is 0 Å². The molecule has 1 N–H and O–H groups in total. The molecule has 2 fully saturated rings. The first-order valence-corrected chi connectivity index (χ1v) is 9.42. The summed E-state index contributed by atoms with van der Waals surface area (Å²) in [7, 11) is 1.63. The van der Waals surface area contributed by atoms with Crippen LogP contribution in [-0.2, 0) is 0 Å². The van der Waals surface area contributed by atoms with Gasteiger partial charge >= 0.3 is 0 Å². The van der Waals surface area contributed by atoms with Gasteiger partial charge in [0.15, 0.2) is 0 Å². The number of carbonyl (C=O) groups is 1. The SMILES string of the molecule is CCCCN1[C@@H]2CCC[C@H]1CC(NC(=O)c1cccc(OC)c1)C2. The first-order valence-electron chi connectivity index (χ1n) is 9.42. The van der Waals surface area contributed by atoms with Crippen molar-refractivity contribution < 1.29 is 9.53 Å². The van der Waals surface area contributed by atoms with E-state index in [0.717, 1.165) is 18.6 Å². The smallest absolute Gasteiger partial charge is 0.251 e. The highest BCUT2D eigenvalue weighted by molar-refractivity contribution is 5.94. The van der Waals surface area contributed by atoms with Crippen molar-refractivity contribution >= 4 is 5.91 Å². The number of hydrogen-bond donors (Lipinski definition) is 1. The van der Waals surface area contributed by atoms with Crippen molar-refractivity contribution in [2.75, 3.05) is 13.7 Å². The number of carbonyl (C=O) groups excluding carboxylic acids is 1. The molecular weight excluding hydrogens is 300 g/mol. The molecule has 1 aromatic rings. The van der Waals surface area contributed by atoms with Gasteiger partial charge in [-0.25, -0.2) is 0 Å². The Hall–Kier alpha value is -1.55. The van der Waals surface area contributed by atoms with E-state index in [4.69, 9.17) is 4.74 Å². The lowest BCUT2D eigenvalue weighted by molar-refractivity contribution is 0.0234. The van der Waals surface area contributed by atoms with Crippen LogP contribution in [0.1, 0.15) is 62.2 Å². The van der Waals surface area contributed by atoms with E-state index in [1.165, 1.54) is 38.6 Å². The lowest BCUT2D eigenvalue weighted by Gasteiger charge is -2.49. The van der Waals surface area contributed by atoms with Crippen LogP contribution in [0.3, 0.4) is 0 Å². The minimum Gasteiger partial charge on any atom is -0.497 e. The molecule has 2 aliphatic heterocycles. The van der Waals surface area contributed by atoms with Gasteiger partial charge < -0.3 is 10.1 Å². The molecule has 0 saturated carbocycles. The van der Waals surface area contributed by atoms with Crippen LogP contribution in [-0.4, -0.2) is 42.6 Å². The minimum absolute atomic E-state index is 0.0268. The largest absolute Gasteiger partial charge is 0.497 e. The van der Waals surface area contributed by atoms with Crippen LogP contribution in [0.4, 0.5) is 0 Å². The van der Waals surface area contributed by atoms with Gasteiger partial charge in [0, 0.05) is 23.7 Å². The van der Waals surface area contributed by atoms with Crippen LogP contribution in [0.5, 0.6) is 5.75 Å². The maximum absolute atomic E-state index is 12.6. The molecule has 3 rings (SSSR count). The summed E-state index contributed by atoms with van der Waals surface area (Å²) in [6, 6.07) is 9.02. The first-order chi connectivity index (χ1) is 11.7. The Morgan fingerprint density at radius 3 is 2.71 bits per heavy atom. The molecule has 1 aromatic carbocycles. The second-order valence-electron chi connectivity index (χ2n) is 7.20. The Labute approximate surface area is 145 Å². The number of amides is 1. The summed E-state index contributed by atoms with van der Waals surface area (Å²) < 4.78 is 5.22. The molecule has 2 bridgehead atoms. The molecule has 0 aromatic heterocycles. The molecule has 3 atom stereocenters. The third kappa shape index (κ3) is 3.92. The molecule has 1 amide bonds. The standard InChI is InChI=1S/C20H30N2O2/c1-3-4-11-22-17-8-6-9-18(22)14-16(13-17)21-20(23)15-7-5-10-19(12-15)24-2/h5,7,10,12,16-18H,3-4,6,8-9,11,13-14H2,1-2H3,(H,21,23)/t16?,17-,18+. The molecule has 4 heteroatoms. The van der Waals surface area contributed by atoms with E-state index >= 15 is 0 Å². The summed E-state index contributed by atoms with van der Waals surface area (Å²) in [5.74, 6) is 0.757. The van der Waals surface area contributed by atoms with Crippen molar-refractivity contribution in [3.8, 4) is 5.75 Å². The first kappa shape index (κ1) is 17.3. The normalized spacial score (nSPS) is 26.8. The molecule has 0 radical (unpaired) electrons. The van der Waals surface area contributed by atoms with E-state index < -0.39 is 0 Å². The van der Waals surface area contributed by atoms with Gasteiger partial charge in [-0.1, -0.05) is 25.8 Å². The van der Waals surface area contributed by atoms with Crippen LogP contribution >= 0.6 is 0 Å². The number of methoxy groups -OCH3 is 1. The van der Waals surface area contributed by atoms with E-state index in [-0.39, 0.29) is 5.91 Å². The predicted octanol–water partition coefficient (Wildman–Crippen LogP) is 3.61. The molecule has 2 heterocycles. The van der Waals surface area contributed by atoms with Crippen molar-refractivity contribution in [3.05, 3.63) is 29.8 Å². The summed E-state index contributed by atoms with van der Waals surface area (Å²) in [4.78, 5) is 15.3. The highest BCUT2D eigenvalue weighted by Gasteiger charge is 2.38. The molecule has 0 aliphatic carbocycles. The van der Waals surface area contributed by atoms with Gasteiger partial charge in [-0.15, -0.1) is 0 Å². The highest BCUT2D eigenvalue weighted by atomic mass is 16.5. The fourth-order valence-corrected chi connectivity index (χ4v) is 4.34. The van der Waals surface area contributed by atoms with Crippen LogP contribution in [0, 0.1) is 0 Å². The Morgan fingerprint density at radius 1 is 1.29 bits per heavy atom. The predicted molar refractivity (Wildman–Crippen MR) is 96.5 cm³/mol. The zero-order valence-electron chi connectivity index (χ0n) is 15.0. The van der Waals surface area contributed by atoms with Gasteiger partial charge in [0.2, 0.25) is 0 Å². The fraction of sp³-hybridized carbons (Fsp3) is 0.650. The monoisotopic (exact) mass is 330 g/mol. The molecule has 0 spiro atoms. The average molecular weight is 330 g/mol. The quantitative estimate of drug-likeness (QED) is 0.866. The van der Waals surface area contributed by atoms with Gasteiger partial charge in [0.25, 0.3) is 5.91 Å². The van der Waals surface area contributed by atoms with Crippen molar-refractivity contribution in [1.82, 2.24) is 10.2 Å². The maximum Gasteiger partial charge on any atom is 0.251 e. The molecule has 24 heavy (non-hydrogen) atoms. The molecule has 132 valence electrons. The summed E-state index contributed by atoms with van der Waals surface area (Å²) in [5.41, 5.74) is 0.688. The number of unbranched alkanes of at least 4 members (excludes halogenated alkanes) is 1. The second kappa shape index (κ2) is 8.02. The number of nitrogens with zero attached hydrogens (tertiary/aromatic N) is 1. The van der Waals surface area contributed by atoms with Crippen molar-refractivity contribution in [2.45, 2.75) is 70.0 Å². The lowest BCUT2D eigenvalue weighted by Crippen LogP contribution is -2.57. The number of benzene rings is 1. The van der Waals surface area contributed by atoms with E-state index in [0.29, 0.717) is 23.7 Å². The van der Waals surface area contributed by atoms with E-state index in [1.54, 1.807) is 7.11 Å². The molecular formula is C20H30N2O2. The summed E-state index contributed by atoms with van der Waals surface area (Å²) in [6.07, 6.45) is 8.64. The average Bonchev–Trinajstić information content (AvgIpc) is 2.59. The van der Waals surface area contributed by atoms with E-state index in [1.807, 2.05) is 24.3 Å². The fourth-order valence-electron chi connectivity index (χ4n) is 4.34. The van der Waals surface area contributed by atoms with E-state index in [2.05, 4.69) is 17.1 Å². The number of hydrogen-bond acceptors (Lipinski definition) is 3. The van der Waals surface area contributed by atoms with Crippen molar-refractivity contribution in [2.24, 2.45) is 0 Å². The third-order valence-corrected chi connectivity index (χ3v) is 5.56. The maximum atomic E-state index is 12.6. The van der Waals surface area contributed by atoms with Gasteiger partial charge in [0.1, 0.15) is 5.75 Å². The number of nitrogens with one attached hydrogen (secondary N) is 1. The second-order valence-corrected chi connectivity index (χ2v) is 7.20. The number of ether oxygens (including phenoxy) is 1. The molecule has 4 nitrogen and oxygen atoms in total. The summed E-state index contributed by atoms with van der Waals surface area (Å²) >= 11 is 0. The molecule has 1 unspecified atom stereocenters. The van der Waals surface area contributed by atoms with Crippen LogP contribution in [0.2, 0.25) is 0 Å². The van der Waals surface area contributed by atoms with Gasteiger partial charge in [-0.2, -0.15) is 0 Å². The zero-order valence-corrected chi connectivity index (χ0v) is 15.0. The molecule has 2 saturated heterocycles. The Morgan fingerprint density at radius 2 is 2.04 bits per heavy atom. The van der Waals surface area contributed by atoms with Gasteiger partial charge in [-0.3, -0.25) is 9.69 Å². The third-order valence-electron chi connectivity index (χ3n) is 5.56. The number of piperidine rings is 2. The minimum atomic E-state index is 0.0268. The van der Waals surface area contributed by atoms with Gasteiger partial charge in [-0.05, 0) is 56.8 Å². The number of rotatable bonds is 6. The topological polar surface area (TPSA) is 41.6 Å².